The SMILES string of the molecule is CCN(c1c(Cc2ccccc2)c(C)c(C#N)c2nc3ccccc3n12)C1CCS(=O)(=O)C1. The summed E-state index contributed by atoms with van der Waals surface area (Å²) in [6, 6.07) is 20.4. The minimum atomic E-state index is -3.05. The van der Waals surface area contributed by atoms with E-state index in [0.29, 0.717) is 30.6 Å². The van der Waals surface area contributed by atoms with E-state index < -0.39 is 9.84 Å². The molecule has 6 nitrogen and oxygen atoms in total. The molecule has 0 amide bonds. The maximum atomic E-state index is 12.4. The first-order chi connectivity index (χ1) is 15.9. The Hall–Kier alpha value is -3.37. The summed E-state index contributed by atoms with van der Waals surface area (Å²) >= 11 is 0. The van der Waals surface area contributed by atoms with Crippen molar-refractivity contribution in [3.05, 3.63) is 76.9 Å². The van der Waals surface area contributed by atoms with Gasteiger partial charge in [-0.05, 0) is 43.5 Å². The van der Waals surface area contributed by atoms with Gasteiger partial charge < -0.3 is 4.90 Å². The van der Waals surface area contributed by atoms with E-state index in [-0.39, 0.29) is 17.5 Å². The number of benzene rings is 2. The molecule has 1 fully saturated rings. The van der Waals surface area contributed by atoms with Crippen molar-refractivity contribution >= 4 is 32.3 Å². The van der Waals surface area contributed by atoms with Gasteiger partial charge in [0, 0.05) is 24.6 Å². The summed E-state index contributed by atoms with van der Waals surface area (Å²) in [4.78, 5) is 7.04. The van der Waals surface area contributed by atoms with Crippen molar-refractivity contribution in [2.24, 2.45) is 0 Å². The molecule has 0 spiro atoms. The van der Waals surface area contributed by atoms with Crippen LogP contribution in [0.3, 0.4) is 0 Å². The summed E-state index contributed by atoms with van der Waals surface area (Å²) in [5, 5.41) is 10.1. The molecule has 2 aromatic carbocycles. The Labute approximate surface area is 194 Å². The lowest BCUT2D eigenvalue weighted by Gasteiger charge is -2.33. The van der Waals surface area contributed by atoms with E-state index in [1.807, 2.05) is 49.4 Å². The van der Waals surface area contributed by atoms with Crippen LogP contribution in [0.2, 0.25) is 0 Å². The summed E-state index contributed by atoms with van der Waals surface area (Å²) in [6.07, 6.45) is 1.25. The van der Waals surface area contributed by atoms with Gasteiger partial charge in [0.1, 0.15) is 11.9 Å². The highest BCUT2D eigenvalue weighted by atomic mass is 32.2. The van der Waals surface area contributed by atoms with Crippen LogP contribution in [0.5, 0.6) is 0 Å². The van der Waals surface area contributed by atoms with Crippen LogP contribution >= 0.6 is 0 Å². The third kappa shape index (κ3) is 3.65. The molecule has 1 unspecified atom stereocenters. The molecule has 0 bridgehead atoms. The van der Waals surface area contributed by atoms with Crippen molar-refractivity contribution < 1.29 is 8.42 Å². The molecular formula is C26H26N4O2S. The van der Waals surface area contributed by atoms with Gasteiger partial charge in [-0.15, -0.1) is 0 Å². The Morgan fingerprint density at radius 2 is 1.88 bits per heavy atom. The molecule has 3 heterocycles. The van der Waals surface area contributed by atoms with Crippen molar-refractivity contribution in [2.75, 3.05) is 23.0 Å². The quantitative estimate of drug-likeness (QED) is 0.446. The smallest absolute Gasteiger partial charge is 0.157 e. The van der Waals surface area contributed by atoms with E-state index in [0.717, 1.165) is 33.5 Å². The zero-order valence-corrected chi connectivity index (χ0v) is 19.6. The number of imidazole rings is 1. The van der Waals surface area contributed by atoms with Crippen LogP contribution in [0, 0.1) is 18.3 Å². The van der Waals surface area contributed by atoms with E-state index in [1.165, 1.54) is 0 Å². The van der Waals surface area contributed by atoms with E-state index >= 15 is 0 Å². The summed E-state index contributed by atoms with van der Waals surface area (Å²) in [6.45, 7) is 4.71. The van der Waals surface area contributed by atoms with E-state index in [2.05, 4.69) is 34.4 Å². The monoisotopic (exact) mass is 458 g/mol. The predicted octanol–water partition coefficient (Wildman–Crippen LogP) is 4.27. The zero-order valence-electron chi connectivity index (χ0n) is 18.8. The fraction of sp³-hybridized carbons (Fsp3) is 0.308. The van der Waals surface area contributed by atoms with Crippen LogP contribution in [-0.4, -0.2) is 41.9 Å². The van der Waals surface area contributed by atoms with Gasteiger partial charge in [0.2, 0.25) is 0 Å². The van der Waals surface area contributed by atoms with Gasteiger partial charge in [-0.2, -0.15) is 5.26 Å². The highest BCUT2D eigenvalue weighted by molar-refractivity contribution is 7.91. The number of sulfone groups is 1. The van der Waals surface area contributed by atoms with Crippen molar-refractivity contribution in [3.8, 4) is 6.07 Å². The number of hydrogen-bond donors (Lipinski definition) is 0. The molecule has 0 N–H and O–H groups in total. The Morgan fingerprint density at radius 1 is 1.15 bits per heavy atom. The van der Waals surface area contributed by atoms with Crippen molar-refractivity contribution in [3.63, 3.8) is 0 Å². The predicted molar refractivity (Wildman–Crippen MR) is 131 cm³/mol. The third-order valence-corrected chi connectivity index (χ3v) is 8.44. The maximum Gasteiger partial charge on any atom is 0.157 e. The normalized spacial score (nSPS) is 17.4. The largest absolute Gasteiger partial charge is 0.354 e. The number of rotatable bonds is 5. The highest BCUT2D eigenvalue weighted by Crippen LogP contribution is 2.36. The molecule has 0 aliphatic carbocycles. The molecule has 1 aliphatic heterocycles. The summed E-state index contributed by atoms with van der Waals surface area (Å²) in [7, 11) is -3.05. The van der Waals surface area contributed by atoms with Crippen LogP contribution < -0.4 is 4.90 Å². The first-order valence-electron chi connectivity index (χ1n) is 11.3. The lowest BCUT2D eigenvalue weighted by atomic mass is 9.97. The van der Waals surface area contributed by atoms with Gasteiger partial charge >= 0.3 is 0 Å². The van der Waals surface area contributed by atoms with Crippen molar-refractivity contribution in [1.29, 1.82) is 5.26 Å². The van der Waals surface area contributed by atoms with Crippen molar-refractivity contribution in [2.45, 2.75) is 32.7 Å². The average Bonchev–Trinajstić information content (AvgIpc) is 3.37. The number of pyridine rings is 1. The van der Waals surface area contributed by atoms with Gasteiger partial charge in [-0.3, -0.25) is 4.40 Å². The molecule has 7 heteroatoms. The minimum Gasteiger partial charge on any atom is -0.354 e. The number of hydrogen-bond acceptors (Lipinski definition) is 5. The highest BCUT2D eigenvalue weighted by Gasteiger charge is 2.35. The molecule has 168 valence electrons. The summed E-state index contributed by atoms with van der Waals surface area (Å²) in [5.41, 5.74) is 6.02. The second kappa shape index (κ2) is 8.20. The molecule has 33 heavy (non-hydrogen) atoms. The summed E-state index contributed by atoms with van der Waals surface area (Å²) < 4.78 is 26.8. The second-order valence-electron chi connectivity index (χ2n) is 8.68. The minimum absolute atomic E-state index is 0.105. The Morgan fingerprint density at radius 3 is 2.55 bits per heavy atom. The molecule has 4 aromatic rings. The molecule has 2 aromatic heterocycles. The van der Waals surface area contributed by atoms with Gasteiger partial charge in [0.25, 0.3) is 0 Å². The molecular weight excluding hydrogens is 432 g/mol. The zero-order chi connectivity index (χ0) is 23.2. The van der Waals surface area contributed by atoms with Crippen LogP contribution in [0.25, 0.3) is 16.7 Å². The first kappa shape index (κ1) is 21.5. The fourth-order valence-corrected chi connectivity index (χ4v) is 6.81. The van der Waals surface area contributed by atoms with E-state index in [1.54, 1.807) is 0 Å². The lowest BCUT2D eigenvalue weighted by Crippen LogP contribution is -2.38. The average molecular weight is 459 g/mol. The molecule has 1 aliphatic rings. The molecule has 0 saturated carbocycles. The van der Waals surface area contributed by atoms with Gasteiger partial charge in [0.15, 0.2) is 15.5 Å². The topological polar surface area (TPSA) is 78.5 Å². The fourth-order valence-electron chi connectivity index (χ4n) is 5.08. The van der Waals surface area contributed by atoms with Crippen LogP contribution in [-0.2, 0) is 16.3 Å². The number of nitriles is 1. The molecule has 5 rings (SSSR count). The third-order valence-electron chi connectivity index (χ3n) is 6.69. The Kier molecular flexibility index (Phi) is 5.34. The van der Waals surface area contributed by atoms with Crippen LogP contribution in [0.4, 0.5) is 5.82 Å². The Bertz CT molecular complexity index is 1500. The van der Waals surface area contributed by atoms with Crippen molar-refractivity contribution in [1.82, 2.24) is 9.38 Å². The Balaban J connectivity index is 1.86. The maximum absolute atomic E-state index is 12.4. The molecule has 1 saturated heterocycles. The van der Waals surface area contributed by atoms with Crippen LogP contribution in [0.15, 0.2) is 54.6 Å². The number of para-hydroxylation sites is 2. The summed E-state index contributed by atoms with van der Waals surface area (Å²) in [5.74, 6) is 1.31. The second-order valence-corrected chi connectivity index (χ2v) is 10.9. The standard InChI is InChI=1S/C26H26N4O2S/c1-3-29(20-13-14-33(31,32)17-20)26-21(15-19-9-5-4-6-10-19)18(2)22(16-27)25-28-23-11-7-8-12-24(23)30(25)26/h4-12,20H,3,13-15,17H2,1-2H3. The van der Waals surface area contributed by atoms with Gasteiger partial charge in [0.05, 0.1) is 28.1 Å². The molecule has 0 radical (unpaired) electrons. The first-order valence-corrected chi connectivity index (χ1v) is 13.1. The van der Waals surface area contributed by atoms with E-state index in [9.17, 15) is 13.7 Å². The van der Waals surface area contributed by atoms with Gasteiger partial charge in [-0.25, -0.2) is 13.4 Å². The van der Waals surface area contributed by atoms with Gasteiger partial charge in [-0.1, -0.05) is 42.5 Å². The molecule has 1 atom stereocenters. The lowest BCUT2D eigenvalue weighted by molar-refractivity contribution is 0.599. The van der Waals surface area contributed by atoms with Crippen LogP contribution in [0.1, 0.15) is 35.6 Å². The number of nitrogens with zero attached hydrogens (tertiary/aromatic N) is 4. The van der Waals surface area contributed by atoms with E-state index in [4.69, 9.17) is 4.98 Å². The number of fused-ring (bicyclic) bond motifs is 3. The number of aromatic nitrogens is 2. The number of anilines is 1.